The van der Waals surface area contributed by atoms with Gasteiger partial charge < -0.3 is 15.9 Å². The van der Waals surface area contributed by atoms with Gasteiger partial charge in [0.1, 0.15) is 11.3 Å². The number of nitrogens with two attached hydrogens (primary N) is 1. The Morgan fingerprint density at radius 1 is 1.57 bits per heavy atom. The molecule has 4 N–H and O–H groups in total. The van der Waals surface area contributed by atoms with Crippen molar-refractivity contribution in [1.29, 1.82) is 0 Å². The summed E-state index contributed by atoms with van der Waals surface area (Å²) in [6.45, 7) is 0. The van der Waals surface area contributed by atoms with E-state index in [9.17, 15) is 10.2 Å². The van der Waals surface area contributed by atoms with E-state index in [1.807, 2.05) is 0 Å². The molecule has 0 bridgehead atoms. The van der Waals surface area contributed by atoms with Gasteiger partial charge >= 0.3 is 0 Å². The minimum atomic E-state index is -1.06. The van der Waals surface area contributed by atoms with E-state index in [2.05, 4.69) is 20.9 Å². The van der Waals surface area contributed by atoms with Gasteiger partial charge in [-0.05, 0) is 6.07 Å². The van der Waals surface area contributed by atoms with Crippen molar-refractivity contribution in [3.8, 4) is 0 Å². The standard InChI is InChI=1S/C8H10BrClN2O2/c9-2-6(13)8(14)4-3-12-7(10)1-5(4)11/h1,3,6,8,13-14H,2H2,(H2,11,12). The van der Waals surface area contributed by atoms with Crippen molar-refractivity contribution in [3.05, 3.63) is 23.0 Å². The van der Waals surface area contributed by atoms with Crippen molar-refractivity contribution in [3.63, 3.8) is 0 Å². The third-order valence-electron chi connectivity index (χ3n) is 1.78. The average molecular weight is 282 g/mol. The molecular weight excluding hydrogens is 271 g/mol. The summed E-state index contributed by atoms with van der Waals surface area (Å²) in [6.07, 6.45) is -0.617. The van der Waals surface area contributed by atoms with Gasteiger partial charge in [-0.2, -0.15) is 0 Å². The minimum Gasteiger partial charge on any atom is -0.398 e. The van der Waals surface area contributed by atoms with Gasteiger partial charge in [-0.3, -0.25) is 0 Å². The van der Waals surface area contributed by atoms with Crippen LogP contribution in [-0.4, -0.2) is 26.6 Å². The molecule has 0 aliphatic rings. The maximum absolute atomic E-state index is 9.62. The first-order chi connectivity index (χ1) is 6.56. The summed E-state index contributed by atoms with van der Waals surface area (Å²) >= 11 is 8.64. The predicted octanol–water partition coefficient (Wildman–Crippen LogP) is 1.11. The van der Waals surface area contributed by atoms with E-state index >= 15 is 0 Å². The number of nitrogens with zero attached hydrogens (tertiary/aromatic N) is 1. The number of aliphatic hydroxyl groups excluding tert-OH is 2. The summed E-state index contributed by atoms with van der Waals surface area (Å²) < 4.78 is 0. The summed E-state index contributed by atoms with van der Waals surface area (Å²) in [6, 6.07) is 1.43. The fourth-order valence-electron chi connectivity index (χ4n) is 0.993. The largest absolute Gasteiger partial charge is 0.398 e. The molecule has 0 saturated heterocycles. The Morgan fingerprint density at radius 2 is 2.21 bits per heavy atom. The van der Waals surface area contributed by atoms with Gasteiger partial charge in [0, 0.05) is 22.8 Å². The van der Waals surface area contributed by atoms with Crippen molar-refractivity contribution in [1.82, 2.24) is 4.98 Å². The topological polar surface area (TPSA) is 79.4 Å². The Hall–Kier alpha value is -0.360. The molecule has 4 nitrogen and oxygen atoms in total. The normalized spacial score (nSPS) is 15.1. The van der Waals surface area contributed by atoms with Gasteiger partial charge in [0.2, 0.25) is 0 Å². The van der Waals surface area contributed by atoms with Crippen molar-refractivity contribution in [2.45, 2.75) is 12.2 Å². The molecule has 1 rings (SSSR count). The van der Waals surface area contributed by atoms with Crippen LogP contribution in [0.15, 0.2) is 12.3 Å². The first-order valence-electron chi connectivity index (χ1n) is 3.89. The van der Waals surface area contributed by atoms with Crippen LogP contribution in [0.4, 0.5) is 5.69 Å². The number of hydrogen-bond acceptors (Lipinski definition) is 4. The lowest BCUT2D eigenvalue weighted by molar-refractivity contribution is 0.0345. The smallest absolute Gasteiger partial charge is 0.131 e. The lowest BCUT2D eigenvalue weighted by atomic mass is 10.1. The SMILES string of the molecule is Nc1cc(Cl)ncc1C(O)C(O)CBr. The first-order valence-corrected chi connectivity index (χ1v) is 5.39. The molecule has 0 aliphatic heterocycles. The van der Waals surface area contributed by atoms with E-state index < -0.39 is 12.2 Å². The number of rotatable bonds is 3. The van der Waals surface area contributed by atoms with Crippen molar-refractivity contribution < 1.29 is 10.2 Å². The number of nitrogen functional groups attached to an aromatic ring is 1. The van der Waals surface area contributed by atoms with E-state index in [0.717, 1.165) is 0 Å². The Bertz CT molecular complexity index is 324. The summed E-state index contributed by atoms with van der Waals surface area (Å²) in [5.41, 5.74) is 6.30. The predicted molar refractivity (Wildman–Crippen MR) is 58.4 cm³/mol. The highest BCUT2D eigenvalue weighted by atomic mass is 79.9. The van der Waals surface area contributed by atoms with Crippen molar-refractivity contribution in [2.24, 2.45) is 0 Å². The number of aromatic nitrogens is 1. The molecule has 2 unspecified atom stereocenters. The Labute approximate surface area is 94.8 Å². The highest BCUT2D eigenvalue weighted by Crippen LogP contribution is 2.24. The summed E-state index contributed by atoms with van der Waals surface area (Å²) in [5, 5.41) is 19.5. The Morgan fingerprint density at radius 3 is 2.71 bits per heavy atom. The van der Waals surface area contributed by atoms with Gasteiger partial charge in [-0.1, -0.05) is 27.5 Å². The van der Waals surface area contributed by atoms with Crippen LogP contribution >= 0.6 is 27.5 Å². The number of halogens is 2. The average Bonchev–Trinajstić information content (AvgIpc) is 2.15. The number of aliphatic hydroxyl groups is 2. The van der Waals surface area contributed by atoms with Gasteiger partial charge in [-0.15, -0.1) is 0 Å². The van der Waals surface area contributed by atoms with E-state index in [1.54, 1.807) is 0 Å². The second kappa shape index (κ2) is 4.93. The Balaban J connectivity index is 2.95. The third-order valence-corrected chi connectivity index (χ3v) is 2.65. The molecule has 1 aromatic rings. The molecule has 0 saturated carbocycles. The van der Waals surface area contributed by atoms with E-state index in [0.29, 0.717) is 11.3 Å². The minimum absolute atomic E-state index is 0.256. The third kappa shape index (κ3) is 2.57. The van der Waals surface area contributed by atoms with E-state index in [4.69, 9.17) is 17.3 Å². The summed E-state index contributed by atoms with van der Waals surface area (Å²) in [5.74, 6) is 0. The molecule has 0 radical (unpaired) electrons. The molecule has 0 amide bonds. The highest BCUT2D eigenvalue weighted by molar-refractivity contribution is 9.09. The fourth-order valence-corrected chi connectivity index (χ4v) is 1.51. The molecule has 2 atom stereocenters. The molecule has 0 spiro atoms. The van der Waals surface area contributed by atoms with Crippen LogP contribution in [0.2, 0.25) is 5.15 Å². The monoisotopic (exact) mass is 280 g/mol. The zero-order valence-electron chi connectivity index (χ0n) is 7.19. The maximum Gasteiger partial charge on any atom is 0.131 e. The number of alkyl halides is 1. The molecule has 0 aliphatic carbocycles. The van der Waals surface area contributed by atoms with Crippen molar-refractivity contribution >= 4 is 33.2 Å². The van der Waals surface area contributed by atoms with Gasteiger partial charge in [0.25, 0.3) is 0 Å². The van der Waals surface area contributed by atoms with E-state index in [1.165, 1.54) is 12.3 Å². The Kier molecular flexibility index (Phi) is 4.12. The summed E-state index contributed by atoms with van der Waals surface area (Å²) in [4.78, 5) is 3.78. The quantitative estimate of drug-likeness (QED) is 0.573. The molecule has 1 heterocycles. The molecule has 1 aromatic heterocycles. The van der Waals surface area contributed by atoms with Crippen LogP contribution < -0.4 is 5.73 Å². The second-order valence-corrected chi connectivity index (χ2v) is 3.84. The highest BCUT2D eigenvalue weighted by Gasteiger charge is 2.19. The molecule has 0 fully saturated rings. The van der Waals surface area contributed by atoms with Crippen LogP contribution in [0.5, 0.6) is 0 Å². The number of pyridine rings is 1. The molecular formula is C8H10BrClN2O2. The van der Waals surface area contributed by atoms with Crippen LogP contribution in [0.1, 0.15) is 11.7 Å². The number of anilines is 1. The summed E-state index contributed by atoms with van der Waals surface area (Å²) in [7, 11) is 0. The second-order valence-electron chi connectivity index (χ2n) is 2.80. The van der Waals surface area contributed by atoms with Gasteiger partial charge in [-0.25, -0.2) is 4.98 Å². The molecule has 0 aromatic carbocycles. The zero-order valence-corrected chi connectivity index (χ0v) is 9.53. The van der Waals surface area contributed by atoms with Crippen molar-refractivity contribution in [2.75, 3.05) is 11.1 Å². The van der Waals surface area contributed by atoms with E-state index in [-0.39, 0.29) is 10.5 Å². The van der Waals surface area contributed by atoms with Gasteiger partial charge in [0.05, 0.1) is 6.10 Å². The van der Waals surface area contributed by atoms with Gasteiger partial charge in [0.15, 0.2) is 0 Å². The lowest BCUT2D eigenvalue weighted by Crippen LogP contribution is -2.20. The zero-order chi connectivity index (χ0) is 10.7. The fraction of sp³-hybridized carbons (Fsp3) is 0.375. The van der Waals surface area contributed by atoms with Crippen LogP contribution in [0.25, 0.3) is 0 Å². The first kappa shape index (κ1) is 11.7. The van der Waals surface area contributed by atoms with Crippen LogP contribution in [0.3, 0.4) is 0 Å². The maximum atomic E-state index is 9.62. The van der Waals surface area contributed by atoms with Crippen LogP contribution in [-0.2, 0) is 0 Å². The number of hydrogen-bond donors (Lipinski definition) is 3. The molecule has 6 heteroatoms. The molecule has 78 valence electrons. The lowest BCUT2D eigenvalue weighted by Gasteiger charge is -2.17. The van der Waals surface area contributed by atoms with Crippen LogP contribution in [0, 0.1) is 0 Å². The molecule has 14 heavy (non-hydrogen) atoms.